The lowest BCUT2D eigenvalue weighted by Gasteiger charge is -2.19. The maximum Gasteiger partial charge on any atom is 0.336 e. The molecule has 0 aromatic heterocycles. The van der Waals surface area contributed by atoms with Crippen LogP contribution in [-0.2, 0) is 0 Å². The first-order valence-corrected chi connectivity index (χ1v) is 6.89. The van der Waals surface area contributed by atoms with Crippen LogP contribution in [0, 0.1) is 0 Å². The Balaban J connectivity index is 0.000000241. The zero-order chi connectivity index (χ0) is 17.4. The quantitative estimate of drug-likeness (QED) is 0.439. The largest absolute Gasteiger partial charge is 0.478 e. The molecule has 0 aliphatic rings. The highest BCUT2D eigenvalue weighted by atomic mass is 16.4. The fourth-order valence-corrected chi connectivity index (χ4v) is 1.88. The second-order valence-electron chi connectivity index (χ2n) is 4.82. The van der Waals surface area contributed by atoms with Crippen LogP contribution in [0.4, 0.5) is 0 Å². The average Bonchev–Trinajstić information content (AvgIpc) is 2.59. The number of carbonyl (C=O) groups is 1. The number of benzene rings is 2. The first-order valence-electron chi connectivity index (χ1n) is 6.89. The minimum absolute atomic E-state index is 0.359. The third-order valence-electron chi connectivity index (χ3n) is 3.18. The van der Waals surface area contributed by atoms with Crippen molar-refractivity contribution >= 4 is 16.7 Å². The predicted octanol–water partition coefficient (Wildman–Crippen LogP) is -0.408. The van der Waals surface area contributed by atoms with Gasteiger partial charge in [0.2, 0.25) is 0 Å². The minimum Gasteiger partial charge on any atom is -0.478 e. The number of carboxylic acids is 1. The van der Waals surface area contributed by atoms with Crippen LogP contribution in [0.15, 0.2) is 42.5 Å². The number of hydrogen-bond donors (Lipinski definition) is 6. The highest BCUT2D eigenvalue weighted by molar-refractivity contribution is 6.03. The third-order valence-corrected chi connectivity index (χ3v) is 3.18. The fraction of sp³-hybridized carbons (Fsp3) is 0.312. The van der Waals surface area contributed by atoms with Crippen molar-refractivity contribution in [3.8, 4) is 0 Å². The molecular formula is C16H20O7. The van der Waals surface area contributed by atoms with Gasteiger partial charge in [0.1, 0.15) is 18.3 Å². The molecule has 0 heterocycles. The number of aliphatic hydroxyl groups excluding tert-OH is 5. The van der Waals surface area contributed by atoms with E-state index < -0.39 is 37.5 Å². The molecule has 2 rings (SSSR count). The van der Waals surface area contributed by atoms with E-state index in [9.17, 15) is 4.79 Å². The highest BCUT2D eigenvalue weighted by Crippen LogP contribution is 2.17. The van der Waals surface area contributed by atoms with Gasteiger partial charge in [0.15, 0.2) is 0 Å². The van der Waals surface area contributed by atoms with E-state index >= 15 is 0 Å². The standard InChI is InChI=1S/C11H8O2.C5H12O5/c12-11(13)10-7-3-5-8-4-1-2-6-9(8)10;6-1-3(8)5(10)4(9)2-7/h1-7H,(H,12,13);3-10H,1-2H2. The van der Waals surface area contributed by atoms with Gasteiger partial charge in [-0.15, -0.1) is 0 Å². The predicted molar refractivity (Wildman–Crippen MR) is 83.1 cm³/mol. The van der Waals surface area contributed by atoms with E-state index in [1.807, 2.05) is 30.3 Å². The molecule has 7 heteroatoms. The topological polar surface area (TPSA) is 138 Å². The van der Waals surface area contributed by atoms with Crippen molar-refractivity contribution in [2.75, 3.05) is 13.2 Å². The molecule has 0 amide bonds. The Kier molecular flexibility index (Phi) is 7.60. The van der Waals surface area contributed by atoms with E-state index in [0.29, 0.717) is 5.56 Å². The van der Waals surface area contributed by atoms with Crippen LogP contribution in [0.25, 0.3) is 10.8 Å². The van der Waals surface area contributed by atoms with Crippen molar-refractivity contribution in [2.45, 2.75) is 18.3 Å². The van der Waals surface area contributed by atoms with Gasteiger partial charge in [-0.25, -0.2) is 4.79 Å². The number of carboxylic acid groups (broad SMARTS) is 1. The molecule has 0 bridgehead atoms. The van der Waals surface area contributed by atoms with Crippen LogP contribution in [0.3, 0.4) is 0 Å². The summed E-state index contributed by atoms with van der Waals surface area (Å²) in [5.41, 5.74) is 0.359. The zero-order valence-corrected chi connectivity index (χ0v) is 12.3. The molecule has 6 N–H and O–H groups in total. The Bertz CT molecular complexity index is 613. The molecular weight excluding hydrogens is 304 g/mol. The number of hydrogen-bond acceptors (Lipinski definition) is 6. The molecule has 7 nitrogen and oxygen atoms in total. The molecule has 0 saturated heterocycles. The normalized spacial score (nSPS) is 14.5. The van der Waals surface area contributed by atoms with Crippen LogP contribution in [0.1, 0.15) is 10.4 Å². The maximum absolute atomic E-state index is 10.8. The molecule has 23 heavy (non-hydrogen) atoms. The summed E-state index contributed by atoms with van der Waals surface area (Å²) in [4.78, 5) is 10.8. The smallest absolute Gasteiger partial charge is 0.336 e. The highest BCUT2D eigenvalue weighted by Gasteiger charge is 2.22. The van der Waals surface area contributed by atoms with Crippen molar-refractivity contribution in [3.63, 3.8) is 0 Å². The lowest BCUT2D eigenvalue weighted by atomic mass is 10.1. The molecule has 2 atom stereocenters. The van der Waals surface area contributed by atoms with Crippen molar-refractivity contribution in [1.29, 1.82) is 0 Å². The van der Waals surface area contributed by atoms with Crippen molar-refractivity contribution in [2.24, 2.45) is 0 Å². The van der Waals surface area contributed by atoms with Gasteiger partial charge in [-0.1, -0.05) is 36.4 Å². The summed E-state index contributed by atoms with van der Waals surface area (Å²) in [6.07, 6.45) is -4.29. The maximum atomic E-state index is 10.8. The van der Waals surface area contributed by atoms with Crippen molar-refractivity contribution in [3.05, 3.63) is 48.0 Å². The van der Waals surface area contributed by atoms with E-state index in [0.717, 1.165) is 10.8 Å². The number of aromatic carboxylic acids is 1. The summed E-state index contributed by atoms with van der Waals surface area (Å²) in [6, 6.07) is 12.7. The molecule has 2 aromatic rings. The second-order valence-corrected chi connectivity index (χ2v) is 4.82. The Hall–Kier alpha value is -2.03. The molecule has 126 valence electrons. The van der Waals surface area contributed by atoms with Gasteiger partial charge >= 0.3 is 5.97 Å². The van der Waals surface area contributed by atoms with E-state index in [1.54, 1.807) is 12.1 Å². The first kappa shape index (κ1) is 19.0. The van der Waals surface area contributed by atoms with Gasteiger partial charge in [-0.3, -0.25) is 0 Å². The van der Waals surface area contributed by atoms with Crippen molar-refractivity contribution in [1.82, 2.24) is 0 Å². The molecule has 0 fully saturated rings. The van der Waals surface area contributed by atoms with Crippen LogP contribution in [0.2, 0.25) is 0 Å². The fourth-order valence-electron chi connectivity index (χ4n) is 1.88. The summed E-state index contributed by atoms with van der Waals surface area (Å²) in [5, 5.41) is 53.2. The Morgan fingerprint density at radius 3 is 1.91 bits per heavy atom. The van der Waals surface area contributed by atoms with Crippen LogP contribution in [0.5, 0.6) is 0 Å². The average molecular weight is 324 g/mol. The van der Waals surface area contributed by atoms with Gasteiger partial charge in [0.25, 0.3) is 0 Å². The SMILES string of the molecule is O=C(O)c1cccc2ccccc12.OCC(O)C(O)C(O)CO. The van der Waals surface area contributed by atoms with E-state index in [2.05, 4.69) is 0 Å². The number of fused-ring (bicyclic) bond motifs is 1. The van der Waals surface area contributed by atoms with Crippen molar-refractivity contribution < 1.29 is 35.4 Å². The number of rotatable bonds is 5. The monoisotopic (exact) mass is 324 g/mol. The van der Waals surface area contributed by atoms with Crippen LogP contribution < -0.4 is 0 Å². The van der Waals surface area contributed by atoms with Gasteiger partial charge in [-0.2, -0.15) is 0 Å². The summed E-state index contributed by atoms with van der Waals surface area (Å²) < 4.78 is 0. The molecule has 0 saturated carbocycles. The molecule has 0 aliphatic carbocycles. The number of aliphatic hydroxyl groups is 5. The van der Waals surface area contributed by atoms with Gasteiger partial charge in [0, 0.05) is 0 Å². The molecule has 0 spiro atoms. The van der Waals surface area contributed by atoms with Crippen LogP contribution in [-0.4, -0.2) is 68.1 Å². The van der Waals surface area contributed by atoms with E-state index in [4.69, 9.17) is 30.6 Å². The molecule has 0 aliphatic heterocycles. The summed E-state index contributed by atoms with van der Waals surface area (Å²) in [6.45, 7) is -1.28. The summed E-state index contributed by atoms with van der Waals surface area (Å²) in [7, 11) is 0. The third kappa shape index (κ3) is 5.27. The second kappa shape index (κ2) is 9.19. The van der Waals surface area contributed by atoms with E-state index in [1.165, 1.54) is 0 Å². The summed E-state index contributed by atoms with van der Waals surface area (Å²) >= 11 is 0. The molecule has 0 radical (unpaired) electrons. The van der Waals surface area contributed by atoms with Gasteiger partial charge in [0.05, 0.1) is 18.8 Å². The van der Waals surface area contributed by atoms with Crippen LogP contribution >= 0.6 is 0 Å². The lowest BCUT2D eigenvalue weighted by molar-refractivity contribution is -0.0900. The minimum atomic E-state index is -1.49. The first-order chi connectivity index (χ1) is 10.9. The Morgan fingerprint density at radius 1 is 0.870 bits per heavy atom. The van der Waals surface area contributed by atoms with E-state index in [-0.39, 0.29) is 0 Å². The van der Waals surface area contributed by atoms with Gasteiger partial charge < -0.3 is 30.6 Å². The van der Waals surface area contributed by atoms with Gasteiger partial charge in [-0.05, 0) is 16.8 Å². The summed E-state index contributed by atoms with van der Waals surface area (Å²) in [5.74, 6) is -0.878. The Morgan fingerprint density at radius 2 is 1.39 bits per heavy atom. The molecule has 2 aromatic carbocycles. The lowest BCUT2D eigenvalue weighted by Crippen LogP contribution is -2.41. The Labute approximate surface area is 132 Å². The molecule has 2 unspecified atom stereocenters. The zero-order valence-electron chi connectivity index (χ0n) is 12.3.